The first-order valence-electron chi connectivity index (χ1n) is 8.87. The van der Waals surface area contributed by atoms with Gasteiger partial charge in [-0.3, -0.25) is 9.59 Å². The Morgan fingerprint density at radius 3 is 2.82 bits per heavy atom. The number of rotatable bonds is 5. The molecule has 0 radical (unpaired) electrons. The van der Waals surface area contributed by atoms with Crippen molar-refractivity contribution in [1.29, 1.82) is 0 Å². The first kappa shape index (κ1) is 19.6. The van der Waals surface area contributed by atoms with Crippen LogP contribution in [0.4, 0.5) is 11.6 Å². The number of nitrogens with one attached hydrogen (secondary N) is 1. The van der Waals surface area contributed by atoms with E-state index in [1.54, 1.807) is 24.3 Å². The van der Waals surface area contributed by atoms with E-state index in [0.717, 1.165) is 25.9 Å². The number of aromatic nitrogens is 2. The average Bonchev–Trinajstić information content (AvgIpc) is 3.22. The van der Waals surface area contributed by atoms with Crippen LogP contribution in [0.25, 0.3) is 0 Å². The van der Waals surface area contributed by atoms with Gasteiger partial charge in [-0.1, -0.05) is 23.6 Å². The minimum Gasteiger partial charge on any atom is -0.341 e. The van der Waals surface area contributed by atoms with Crippen molar-refractivity contribution in [2.24, 2.45) is 0 Å². The lowest BCUT2D eigenvalue weighted by atomic mass is 10.2. The number of likely N-dealkylation sites (N-methyl/N-ethyl adjacent to an activating group) is 1. The minimum absolute atomic E-state index is 0.0863. The molecule has 7 nitrogen and oxygen atoms in total. The predicted octanol–water partition coefficient (Wildman–Crippen LogP) is 2.42. The van der Waals surface area contributed by atoms with E-state index in [1.165, 1.54) is 18.1 Å². The Hall–Kier alpha value is -3.11. The maximum atomic E-state index is 12.7. The molecule has 1 aromatic carbocycles. The Balaban J connectivity index is 1.67. The summed E-state index contributed by atoms with van der Waals surface area (Å²) in [5.41, 5.74) is 1.31. The first-order valence-corrected chi connectivity index (χ1v) is 9.25. The molecule has 2 aromatic rings. The summed E-state index contributed by atoms with van der Waals surface area (Å²) in [4.78, 5) is 36.9. The summed E-state index contributed by atoms with van der Waals surface area (Å²) in [6, 6.07) is 6.92. The van der Waals surface area contributed by atoms with Crippen LogP contribution < -0.4 is 10.2 Å². The summed E-state index contributed by atoms with van der Waals surface area (Å²) in [6.45, 7) is 1.55. The molecular weight excluding hydrogens is 378 g/mol. The van der Waals surface area contributed by atoms with E-state index in [0.29, 0.717) is 17.2 Å². The third kappa shape index (κ3) is 4.59. The van der Waals surface area contributed by atoms with Crippen LogP contribution in [0.2, 0.25) is 5.02 Å². The topological polar surface area (TPSA) is 78.4 Å². The van der Waals surface area contributed by atoms with E-state index in [2.05, 4.69) is 21.2 Å². The SMILES string of the molecule is C#Cc1cccc(NC(=O)CN(C)C(=O)c2nc(N3CCCC3)ncc2Cl)c1. The highest BCUT2D eigenvalue weighted by Crippen LogP contribution is 2.21. The number of nitrogens with zero attached hydrogens (tertiary/aromatic N) is 4. The summed E-state index contributed by atoms with van der Waals surface area (Å²) >= 11 is 6.13. The van der Waals surface area contributed by atoms with E-state index in [1.807, 2.05) is 4.90 Å². The van der Waals surface area contributed by atoms with Crippen LogP contribution in [0.1, 0.15) is 28.9 Å². The molecule has 2 heterocycles. The average molecular weight is 398 g/mol. The van der Waals surface area contributed by atoms with Gasteiger partial charge in [0.2, 0.25) is 11.9 Å². The zero-order valence-electron chi connectivity index (χ0n) is 15.5. The van der Waals surface area contributed by atoms with Gasteiger partial charge in [-0.2, -0.15) is 0 Å². The fourth-order valence-electron chi connectivity index (χ4n) is 2.93. The molecule has 1 saturated heterocycles. The van der Waals surface area contributed by atoms with Crippen molar-refractivity contribution in [1.82, 2.24) is 14.9 Å². The molecule has 1 aromatic heterocycles. The number of carbonyl (C=O) groups excluding carboxylic acids is 2. The van der Waals surface area contributed by atoms with Crippen molar-refractivity contribution in [3.63, 3.8) is 0 Å². The van der Waals surface area contributed by atoms with Crippen LogP contribution >= 0.6 is 11.6 Å². The standard InChI is InChI=1S/C20H20ClN5O2/c1-3-14-7-6-8-15(11-14)23-17(27)13-25(2)19(28)18-16(21)12-22-20(24-18)26-9-4-5-10-26/h1,6-8,11-12H,4-5,9-10,13H2,2H3,(H,23,27). The van der Waals surface area contributed by atoms with Gasteiger partial charge >= 0.3 is 0 Å². The van der Waals surface area contributed by atoms with Gasteiger partial charge in [0.1, 0.15) is 0 Å². The van der Waals surface area contributed by atoms with Crippen LogP contribution in [-0.2, 0) is 4.79 Å². The van der Waals surface area contributed by atoms with Crippen molar-refractivity contribution in [3.05, 3.63) is 46.7 Å². The molecule has 1 fully saturated rings. The number of amides is 2. The van der Waals surface area contributed by atoms with Crippen LogP contribution in [0.5, 0.6) is 0 Å². The van der Waals surface area contributed by atoms with Gasteiger partial charge in [0, 0.05) is 31.4 Å². The summed E-state index contributed by atoms with van der Waals surface area (Å²) in [5, 5.41) is 2.88. The molecule has 0 unspecified atom stereocenters. The Morgan fingerprint density at radius 1 is 1.36 bits per heavy atom. The smallest absolute Gasteiger partial charge is 0.274 e. The van der Waals surface area contributed by atoms with Crippen molar-refractivity contribution in [3.8, 4) is 12.3 Å². The van der Waals surface area contributed by atoms with E-state index in [-0.39, 0.29) is 23.2 Å². The van der Waals surface area contributed by atoms with E-state index in [4.69, 9.17) is 18.0 Å². The Bertz CT molecular complexity index is 934. The Labute approximate surface area is 168 Å². The van der Waals surface area contributed by atoms with Gasteiger partial charge in [-0.25, -0.2) is 9.97 Å². The van der Waals surface area contributed by atoms with Crippen LogP contribution in [0.3, 0.4) is 0 Å². The monoisotopic (exact) mass is 397 g/mol. The molecule has 0 atom stereocenters. The number of halogens is 1. The number of benzene rings is 1. The molecule has 0 spiro atoms. The summed E-state index contributed by atoms with van der Waals surface area (Å²) < 4.78 is 0. The molecule has 0 bridgehead atoms. The van der Waals surface area contributed by atoms with Gasteiger partial charge in [0.05, 0.1) is 17.8 Å². The zero-order valence-corrected chi connectivity index (χ0v) is 16.2. The molecule has 1 aliphatic heterocycles. The van der Waals surface area contributed by atoms with Crippen molar-refractivity contribution in [2.75, 3.05) is 36.9 Å². The van der Waals surface area contributed by atoms with E-state index >= 15 is 0 Å². The number of hydrogen-bond acceptors (Lipinski definition) is 5. The third-order valence-electron chi connectivity index (χ3n) is 4.36. The normalized spacial score (nSPS) is 13.1. The van der Waals surface area contributed by atoms with Gasteiger partial charge in [0.15, 0.2) is 5.69 Å². The molecule has 8 heteroatoms. The van der Waals surface area contributed by atoms with Gasteiger partial charge < -0.3 is 15.1 Å². The first-order chi connectivity index (χ1) is 13.5. The maximum Gasteiger partial charge on any atom is 0.274 e. The predicted molar refractivity (Wildman–Crippen MR) is 108 cm³/mol. The molecular formula is C20H20ClN5O2. The highest BCUT2D eigenvalue weighted by atomic mass is 35.5. The number of hydrogen-bond donors (Lipinski definition) is 1. The molecule has 1 aliphatic rings. The molecule has 144 valence electrons. The number of anilines is 2. The van der Waals surface area contributed by atoms with E-state index < -0.39 is 5.91 Å². The Kier molecular flexibility index (Phi) is 6.12. The van der Waals surface area contributed by atoms with Crippen molar-refractivity contribution >= 4 is 35.1 Å². The summed E-state index contributed by atoms with van der Waals surface area (Å²) in [7, 11) is 1.52. The maximum absolute atomic E-state index is 12.7. The molecule has 2 amide bonds. The fraction of sp³-hybridized carbons (Fsp3) is 0.300. The highest BCUT2D eigenvalue weighted by molar-refractivity contribution is 6.33. The highest BCUT2D eigenvalue weighted by Gasteiger charge is 2.23. The summed E-state index contributed by atoms with van der Waals surface area (Å²) in [5.74, 6) is 2.19. The molecule has 0 aliphatic carbocycles. The fourth-order valence-corrected chi connectivity index (χ4v) is 3.10. The molecule has 28 heavy (non-hydrogen) atoms. The van der Waals surface area contributed by atoms with Crippen molar-refractivity contribution in [2.45, 2.75) is 12.8 Å². The second-order valence-corrected chi connectivity index (χ2v) is 6.90. The van der Waals surface area contributed by atoms with Crippen LogP contribution in [-0.4, -0.2) is 53.4 Å². The van der Waals surface area contributed by atoms with Crippen molar-refractivity contribution < 1.29 is 9.59 Å². The quantitative estimate of drug-likeness (QED) is 0.784. The number of terminal acetylenes is 1. The number of carbonyl (C=O) groups is 2. The third-order valence-corrected chi connectivity index (χ3v) is 4.64. The lowest BCUT2D eigenvalue weighted by Crippen LogP contribution is -2.36. The lowest BCUT2D eigenvalue weighted by Gasteiger charge is -2.19. The second-order valence-electron chi connectivity index (χ2n) is 6.50. The van der Waals surface area contributed by atoms with Gasteiger partial charge in [-0.05, 0) is 31.0 Å². The van der Waals surface area contributed by atoms with Gasteiger partial charge in [0.25, 0.3) is 5.91 Å². The Morgan fingerprint density at radius 2 is 2.11 bits per heavy atom. The summed E-state index contributed by atoms with van der Waals surface area (Å²) in [6.07, 6.45) is 8.92. The largest absolute Gasteiger partial charge is 0.341 e. The lowest BCUT2D eigenvalue weighted by molar-refractivity contribution is -0.116. The molecule has 1 N–H and O–H groups in total. The van der Waals surface area contributed by atoms with Gasteiger partial charge in [-0.15, -0.1) is 6.42 Å². The minimum atomic E-state index is -0.444. The van der Waals surface area contributed by atoms with E-state index in [9.17, 15) is 9.59 Å². The molecule has 0 saturated carbocycles. The second kappa shape index (κ2) is 8.72. The zero-order chi connectivity index (χ0) is 20.1. The van der Waals surface area contributed by atoms with Crippen LogP contribution in [0, 0.1) is 12.3 Å². The van der Waals surface area contributed by atoms with Crippen LogP contribution in [0.15, 0.2) is 30.5 Å². The molecule has 3 rings (SSSR count).